The maximum Gasteiger partial charge on any atom is 0.0487 e. The summed E-state index contributed by atoms with van der Waals surface area (Å²) in [7, 11) is -0.898. The van der Waals surface area contributed by atoms with Crippen molar-refractivity contribution in [1.82, 2.24) is 0 Å². The van der Waals surface area contributed by atoms with Gasteiger partial charge >= 0.3 is 0 Å². The molecule has 1 aromatic carbocycles. The third kappa shape index (κ3) is 4.52. The Labute approximate surface area is 81.0 Å². The number of hydrogen-bond donors (Lipinski definition) is 0. The summed E-state index contributed by atoms with van der Waals surface area (Å²) >= 11 is 0. The van der Waals surface area contributed by atoms with Crippen molar-refractivity contribution in [3.8, 4) is 0 Å². The minimum Gasteiger partial charge on any atom is -0.0693 e. The first-order valence-electron chi connectivity index (χ1n) is 4.12. The van der Waals surface area contributed by atoms with E-state index in [1.807, 2.05) is 0 Å². The van der Waals surface area contributed by atoms with Crippen molar-refractivity contribution in [2.75, 3.05) is 0 Å². The Balaban J connectivity index is 0.00000121. The molecule has 0 aliphatic carbocycles. The van der Waals surface area contributed by atoms with Crippen molar-refractivity contribution in [3.63, 3.8) is 0 Å². The number of rotatable bonds is 2. The summed E-state index contributed by atoms with van der Waals surface area (Å²) in [5.41, 5.74) is 1.49. The lowest BCUT2D eigenvalue weighted by molar-refractivity contribution is 1.31. The van der Waals surface area contributed by atoms with E-state index in [1.165, 1.54) is 11.6 Å². The smallest absolute Gasteiger partial charge is 0.0487 e. The zero-order valence-corrected chi connectivity index (χ0v) is 8.59. The van der Waals surface area contributed by atoms with Gasteiger partial charge in [0.25, 0.3) is 0 Å². The highest BCUT2D eigenvalue weighted by Crippen LogP contribution is 2.10. The van der Waals surface area contributed by atoms with Gasteiger partial charge in [-0.3, -0.25) is 0 Å². The summed E-state index contributed by atoms with van der Waals surface area (Å²) in [6.07, 6.45) is 0. The van der Waals surface area contributed by atoms with Crippen LogP contribution >= 0.6 is 0 Å². The van der Waals surface area contributed by atoms with Gasteiger partial charge in [0.05, 0.1) is 0 Å². The van der Waals surface area contributed by atoms with Crippen molar-refractivity contribution >= 4 is 19.0 Å². The molecule has 0 spiro atoms. The van der Waals surface area contributed by atoms with Gasteiger partial charge < -0.3 is 0 Å². The van der Waals surface area contributed by atoms with Crippen molar-refractivity contribution in [2.45, 2.75) is 25.7 Å². The molecule has 0 heterocycles. The monoisotopic (exact) mass is 196 g/mol. The average Bonchev–Trinajstić information content (AvgIpc) is 1.85. The van der Waals surface area contributed by atoms with Gasteiger partial charge in [-0.25, -0.2) is 0 Å². The molecule has 0 saturated carbocycles. The molecule has 0 bridgehead atoms. The molecule has 2 heteroatoms. The van der Waals surface area contributed by atoms with E-state index in [4.69, 9.17) is 0 Å². The first-order chi connectivity index (χ1) is 5.08. The highest BCUT2D eigenvalue weighted by molar-refractivity contribution is 6.75. The Bertz CT molecular complexity index is 211. The third-order valence-electron chi connectivity index (χ3n) is 1.58. The summed E-state index contributed by atoms with van der Waals surface area (Å²) in [6, 6.07) is 12.1. The van der Waals surface area contributed by atoms with Crippen LogP contribution in [-0.4, -0.2) is 19.0 Å². The Hall–Kier alpha value is -0.346. The van der Waals surface area contributed by atoms with Gasteiger partial charge in [-0.15, -0.1) is 0 Å². The molecule has 0 unspecified atom stereocenters. The molecule has 0 fully saturated rings. The van der Waals surface area contributed by atoms with Gasteiger partial charge in [0.15, 0.2) is 0 Å². The fourth-order valence-corrected chi connectivity index (χ4v) is 2.67. The van der Waals surface area contributed by atoms with Crippen LogP contribution in [0, 0.1) is 0 Å². The van der Waals surface area contributed by atoms with Gasteiger partial charge in [0.2, 0.25) is 0 Å². The maximum absolute atomic E-state index is 2.40. The molecule has 0 amide bonds. The molecule has 1 rings (SSSR count). The average molecular weight is 196 g/mol. The van der Waals surface area contributed by atoms with Crippen molar-refractivity contribution in [3.05, 3.63) is 35.9 Å². The van der Waals surface area contributed by atoms with Crippen LogP contribution in [0.15, 0.2) is 30.3 Å². The Morgan fingerprint density at radius 2 is 1.50 bits per heavy atom. The lowest BCUT2D eigenvalue weighted by atomic mass is 10.2. The summed E-state index contributed by atoms with van der Waals surface area (Å²) in [5, 5.41) is 0. The number of benzene rings is 1. The Morgan fingerprint density at radius 3 is 1.92 bits per heavy atom. The molecule has 0 saturated heterocycles. The van der Waals surface area contributed by atoms with E-state index in [-0.39, 0.29) is 11.0 Å². The first-order valence-corrected chi connectivity index (χ1v) is 7.82. The van der Waals surface area contributed by atoms with Gasteiger partial charge in [-0.1, -0.05) is 55.5 Å². The molecule has 0 radical (unpaired) electrons. The molecule has 12 heavy (non-hydrogen) atoms. The summed E-state index contributed by atoms with van der Waals surface area (Å²) in [4.78, 5) is 0. The van der Waals surface area contributed by atoms with Crippen LogP contribution in [0.4, 0.5) is 0 Å². The van der Waals surface area contributed by atoms with Crippen LogP contribution in [0.25, 0.3) is 0 Å². The van der Waals surface area contributed by atoms with Crippen LogP contribution < -0.4 is 0 Å². The van der Waals surface area contributed by atoms with E-state index >= 15 is 0 Å². The predicted molar refractivity (Wildman–Crippen MR) is 64.8 cm³/mol. The van der Waals surface area contributed by atoms with Crippen molar-refractivity contribution in [1.29, 1.82) is 0 Å². The van der Waals surface area contributed by atoms with E-state index in [1.54, 1.807) is 0 Å². The second-order valence-electron chi connectivity index (χ2n) is 4.22. The van der Waals surface area contributed by atoms with Crippen LogP contribution in [0.1, 0.15) is 5.56 Å². The molecule has 0 N–H and O–H groups in total. The van der Waals surface area contributed by atoms with E-state index in [0.717, 1.165) is 0 Å². The Kier molecular flexibility index (Phi) is 4.49. The van der Waals surface area contributed by atoms with E-state index < -0.39 is 8.07 Å². The fourth-order valence-electron chi connectivity index (χ4n) is 1.21. The maximum atomic E-state index is 2.40. The zero-order valence-electron chi connectivity index (χ0n) is 7.59. The standard InChI is InChI=1S/C10H16Si.H4Si/c1-11(2,3)9-10-7-5-4-6-8-10;/h4-8H,9H2,1-3H3;1H4. The molecule has 0 atom stereocenters. The van der Waals surface area contributed by atoms with Crippen LogP contribution in [0.2, 0.25) is 19.6 Å². The molecule has 0 nitrogen and oxygen atoms in total. The van der Waals surface area contributed by atoms with Crippen LogP contribution in [0.5, 0.6) is 0 Å². The molecule has 0 aromatic heterocycles. The van der Waals surface area contributed by atoms with E-state index in [2.05, 4.69) is 50.0 Å². The molecule has 68 valence electrons. The number of hydrogen-bond acceptors (Lipinski definition) is 0. The summed E-state index contributed by atoms with van der Waals surface area (Å²) in [5.74, 6) is 0. The van der Waals surface area contributed by atoms with Crippen molar-refractivity contribution < 1.29 is 0 Å². The molecular formula is C10H20Si2. The minimum absolute atomic E-state index is 0. The topological polar surface area (TPSA) is 0 Å². The molecule has 1 aromatic rings. The highest BCUT2D eigenvalue weighted by Gasteiger charge is 2.12. The van der Waals surface area contributed by atoms with Crippen LogP contribution in [-0.2, 0) is 6.04 Å². The lowest BCUT2D eigenvalue weighted by Crippen LogP contribution is -2.23. The zero-order chi connectivity index (χ0) is 8.32. The normalized spacial score (nSPS) is 10.6. The molecule has 0 aliphatic rings. The predicted octanol–water partition coefficient (Wildman–Crippen LogP) is 1.65. The minimum atomic E-state index is -0.898. The fraction of sp³-hybridized carbons (Fsp3) is 0.400. The second kappa shape index (κ2) is 4.62. The van der Waals surface area contributed by atoms with E-state index in [9.17, 15) is 0 Å². The lowest BCUT2D eigenvalue weighted by Gasteiger charge is -2.15. The van der Waals surface area contributed by atoms with Gasteiger partial charge in [-0.2, -0.15) is 0 Å². The quantitative estimate of drug-likeness (QED) is 0.631. The van der Waals surface area contributed by atoms with Gasteiger partial charge in [0.1, 0.15) is 0 Å². The van der Waals surface area contributed by atoms with Crippen molar-refractivity contribution in [2.24, 2.45) is 0 Å². The summed E-state index contributed by atoms with van der Waals surface area (Å²) < 4.78 is 0. The SMILES string of the molecule is C[Si](C)(C)Cc1ccccc1.[SiH4]. The third-order valence-corrected chi connectivity index (χ3v) is 3.05. The molecule has 0 aliphatic heterocycles. The second-order valence-corrected chi connectivity index (χ2v) is 9.70. The Morgan fingerprint density at radius 1 is 1.00 bits per heavy atom. The van der Waals surface area contributed by atoms with Crippen LogP contribution in [0.3, 0.4) is 0 Å². The van der Waals surface area contributed by atoms with Gasteiger partial charge in [-0.05, 0) is 17.0 Å². The first kappa shape index (κ1) is 11.7. The molecular weight excluding hydrogens is 176 g/mol. The summed E-state index contributed by atoms with van der Waals surface area (Å²) in [6.45, 7) is 7.21. The van der Waals surface area contributed by atoms with Gasteiger partial charge in [0, 0.05) is 8.07 Å². The van der Waals surface area contributed by atoms with E-state index in [0.29, 0.717) is 0 Å². The highest BCUT2D eigenvalue weighted by atomic mass is 28.3. The largest absolute Gasteiger partial charge is 0.0693 e.